The monoisotopic (exact) mass is 425 g/mol. The highest BCUT2D eigenvalue weighted by Gasteiger charge is 2.24. The lowest BCUT2D eigenvalue weighted by atomic mass is 9.98. The minimum atomic E-state index is -0.222. The van der Waals surface area contributed by atoms with E-state index in [1.807, 2.05) is 72.2 Å². The second-order valence-corrected chi connectivity index (χ2v) is 8.41. The zero-order chi connectivity index (χ0) is 21.9. The Labute approximate surface area is 187 Å². The van der Waals surface area contributed by atoms with Crippen molar-refractivity contribution < 1.29 is 4.79 Å². The van der Waals surface area contributed by atoms with Crippen LogP contribution in [0.5, 0.6) is 0 Å². The maximum Gasteiger partial charge on any atom is 0.263 e. The second kappa shape index (κ2) is 8.83. The van der Waals surface area contributed by atoms with Gasteiger partial charge in [0.2, 0.25) is 0 Å². The van der Waals surface area contributed by atoms with E-state index in [1.165, 1.54) is 24.1 Å². The Morgan fingerprint density at radius 1 is 0.906 bits per heavy atom. The summed E-state index contributed by atoms with van der Waals surface area (Å²) in [4.78, 5) is 18.1. The van der Waals surface area contributed by atoms with Gasteiger partial charge in [-0.1, -0.05) is 48.7 Å². The third-order valence-corrected chi connectivity index (χ3v) is 6.01. The van der Waals surface area contributed by atoms with Crippen LogP contribution >= 0.6 is 0 Å². The molecule has 162 valence electrons. The van der Waals surface area contributed by atoms with E-state index in [-0.39, 0.29) is 5.91 Å². The van der Waals surface area contributed by atoms with Crippen molar-refractivity contribution in [1.29, 1.82) is 0 Å². The predicted octanol–water partition coefficient (Wildman–Crippen LogP) is 5.69. The van der Waals surface area contributed by atoms with E-state index in [9.17, 15) is 4.79 Å². The summed E-state index contributed by atoms with van der Waals surface area (Å²) in [5.41, 5.74) is 6.22. The summed E-state index contributed by atoms with van der Waals surface area (Å²) < 4.78 is 1.88. The summed E-state index contributed by atoms with van der Waals surface area (Å²) in [7, 11) is 0. The molecular formula is C26H27N5O. The van der Waals surface area contributed by atoms with Gasteiger partial charge in [0.25, 0.3) is 5.91 Å². The molecule has 2 heterocycles. The first-order chi connectivity index (χ1) is 15.7. The van der Waals surface area contributed by atoms with E-state index < -0.39 is 0 Å². The summed E-state index contributed by atoms with van der Waals surface area (Å²) in [6.45, 7) is 2.02. The van der Waals surface area contributed by atoms with E-state index in [0.29, 0.717) is 17.0 Å². The minimum Gasteiger partial charge on any atom is -0.338 e. The largest absolute Gasteiger partial charge is 0.338 e. The van der Waals surface area contributed by atoms with Crippen molar-refractivity contribution in [3.05, 3.63) is 83.2 Å². The van der Waals surface area contributed by atoms with Crippen LogP contribution in [-0.2, 0) is 12.8 Å². The maximum atomic E-state index is 13.4. The van der Waals surface area contributed by atoms with Gasteiger partial charge < -0.3 is 10.6 Å². The quantitative estimate of drug-likeness (QED) is 0.440. The first-order valence-electron chi connectivity index (χ1n) is 11.3. The lowest BCUT2D eigenvalue weighted by Gasteiger charge is -2.14. The Hall–Kier alpha value is -3.67. The molecule has 2 N–H and O–H groups in total. The van der Waals surface area contributed by atoms with Crippen LogP contribution in [0, 0.1) is 6.92 Å². The van der Waals surface area contributed by atoms with Crippen LogP contribution in [0.1, 0.15) is 52.9 Å². The van der Waals surface area contributed by atoms with Crippen molar-refractivity contribution in [3.8, 4) is 0 Å². The number of hydrogen-bond acceptors (Lipinski definition) is 4. The Balaban J connectivity index is 1.60. The van der Waals surface area contributed by atoms with Crippen LogP contribution in [0.15, 0.2) is 60.8 Å². The van der Waals surface area contributed by atoms with Crippen LogP contribution in [0.3, 0.4) is 0 Å². The van der Waals surface area contributed by atoms with Crippen molar-refractivity contribution in [2.24, 2.45) is 0 Å². The van der Waals surface area contributed by atoms with Gasteiger partial charge in [-0.05, 0) is 62.4 Å². The fraction of sp³-hybridized carbons (Fsp3) is 0.269. The molecule has 2 aromatic carbocycles. The molecule has 0 bridgehead atoms. The molecule has 32 heavy (non-hydrogen) atoms. The first-order valence-corrected chi connectivity index (χ1v) is 11.3. The third kappa shape index (κ3) is 4.08. The number of hydrogen-bond donors (Lipinski definition) is 2. The molecule has 1 amide bonds. The molecule has 0 spiro atoms. The van der Waals surface area contributed by atoms with Crippen LogP contribution < -0.4 is 10.6 Å². The van der Waals surface area contributed by atoms with Gasteiger partial charge in [-0.25, -0.2) is 9.50 Å². The molecule has 1 aliphatic rings. The molecule has 0 aliphatic heterocycles. The molecule has 6 nitrogen and oxygen atoms in total. The highest BCUT2D eigenvalue weighted by molar-refractivity contribution is 6.12. The van der Waals surface area contributed by atoms with E-state index in [2.05, 4.69) is 10.6 Å². The fourth-order valence-electron chi connectivity index (χ4n) is 4.29. The number of aromatic nitrogens is 3. The maximum absolute atomic E-state index is 13.4. The predicted molar refractivity (Wildman–Crippen MR) is 128 cm³/mol. The first kappa shape index (κ1) is 20.2. The molecule has 0 fully saturated rings. The van der Waals surface area contributed by atoms with Gasteiger partial charge in [0.15, 0.2) is 11.5 Å². The van der Waals surface area contributed by atoms with Crippen molar-refractivity contribution >= 4 is 28.7 Å². The van der Waals surface area contributed by atoms with Crippen LogP contribution in [-0.4, -0.2) is 20.5 Å². The van der Waals surface area contributed by atoms with Crippen molar-refractivity contribution in [1.82, 2.24) is 14.6 Å². The smallest absolute Gasteiger partial charge is 0.263 e. The number of aryl methyl sites for hydroxylation is 3. The molecule has 0 atom stereocenters. The Bertz CT molecular complexity index is 1240. The molecule has 0 saturated carbocycles. The van der Waals surface area contributed by atoms with E-state index in [4.69, 9.17) is 10.1 Å². The van der Waals surface area contributed by atoms with Crippen molar-refractivity contribution in [2.45, 2.75) is 45.4 Å². The number of nitrogens with zero attached hydrogens (tertiary/aromatic N) is 3. The number of nitrogens with one attached hydrogen (secondary N) is 2. The third-order valence-electron chi connectivity index (χ3n) is 6.01. The molecular weight excluding hydrogens is 398 g/mol. The minimum absolute atomic E-state index is 0.222. The zero-order valence-corrected chi connectivity index (χ0v) is 18.3. The summed E-state index contributed by atoms with van der Waals surface area (Å²) in [5, 5.41) is 11.2. The van der Waals surface area contributed by atoms with Crippen LogP contribution in [0.2, 0.25) is 0 Å². The summed E-state index contributed by atoms with van der Waals surface area (Å²) in [5.74, 6) is 0.296. The fourth-order valence-corrected chi connectivity index (χ4v) is 4.29. The zero-order valence-electron chi connectivity index (χ0n) is 18.3. The van der Waals surface area contributed by atoms with Gasteiger partial charge >= 0.3 is 0 Å². The second-order valence-electron chi connectivity index (χ2n) is 8.41. The Morgan fingerprint density at radius 2 is 1.66 bits per heavy atom. The molecule has 0 saturated heterocycles. The standard InChI is InChI=1S/C26H27N5O/c1-18-13-15-21(16-14-18)29-26(32)23-24(28-20-10-6-4-7-11-20)30-31-22-12-8-3-2-5-9-19(22)17-27-25(23)31/h4,6-7,10-11,13-17H,2-3,5,8-9,12H2,1H3,(H,28,30)(H,29,32). The van der Waals surface area contributed by atoms with Crippen molar-refractivity contribution in [3.63, 3.8) is 0 Å². The average molecular weight is 426 g/mol. The van der Waals surface area contributed by atoms with E-state index in [1.54, 1.807) is 0 Å². The number of amides is 1. The van der Waals surface area contributed by atoms with Gasteiger partial charge in [-0.15, -0.1) is 5.10 Å². The van der Waals surface area contributed by atoms with E-state index in [0.717, 1.165) is 42.6 Å². The van der Waals surface area contributed by atoms with Gasteiger partial charge in [-0.2, -0.15) is 0 Å². The van der Waals surface area contributed by atoms with Gasteiger partial charge in [0.05, 0.1) is 0 Å². The van der Waals surface area contributed by atoms with Gasteiger partial charge in [-0.3, -0.25) is 4.79 Å². The van der Waals surface area contributed by atoms with Gasteiger partial charge in [0, 0.05) is 23.3 Å². The molecule has 4 aromatic rings. The normalized spacial score (nSPS) is 13.8. The molecule has 2 aromatic heterocycles. The number of benzene rings is 2. The SMILES string of the molecule is Cc1ccc(NC(=O)c2c(Nc3ccccc3)nn3c4c(cnc23)CCCCCC4)cc1. The van der Waals surface area contributed by atoms with Crippen molar-refractivity contribution in [2.75, 3.05) is 10.6 Å². The van der Waals surface area contributed by atoms with Crippen LogP contribution in [0.25, 0.3) is 5.65 Å². The highest BCUT2D eigenvalue weighted by Crippen LogP contribution is 2.28. The number of carbonyl (C=O) groups excluding carboxylic acids is 1. The Kier molecular flexibility index (Phi) is 5.58. The molecule has 5 rings (SSSR count). The number of para-hydroxylation sites is 1. The van der Waals surface area contributed by atoms with E-state index >= 15 is 0 Å². The molecule has 1 aliphatic carbocycles. The average Bonchev–Trinajstić information content (AvgIpc) is 3.14. The lowest BCUT2D eigenvalue weighted by Crippen LogP contribution is -2.14. The highest BCUT2D eigenvalue weighted by atomic mass is 16.1. The summed E-state index contributed by atoms with van der Waals surface area (Å²) in [6.07, 6.45) is 8.65. The summed E-state index contributed by atoms with van der Waals surface area (Å²) >= 11 is 0. The summed E-state index contributed by atoms with van der Waals surface area (Å²) in [6, 6.07) is 17.6. The topological polar surface area (TPSA) is 71.3 Å². The number of anilines is 3. The number of carbonyl (C=O) groups is 1. The van der Waals surface area contributed by atoms with Crippen LogP contribution in [0.4, 0.5) is 17.2 Å². The molecule has 0 unspecified atom stereocenters. The number of fused-ring (bicyclic) bond motifs is 3. The number of rotatable bonds is 4. The van der Waals surface area contributed by atoms with Gasteiger partial charge in [0.1, 0.15) is 5.56 Å². The molecule has 0 radical (unpaired) electrons. The molecule has 6 heteroatoms. The Morgan fingerprint density at radius 3 is 2.44 bits per heavy atom. The lowest BCUT2D eigenvalue weighted by molar-refractivity contribution is 0.102.